The van der Waals surface area contributed by atoms with Gasteiger partial charge < -0.3 is 4.74 Å². The lowest BCUT2D eigenvalue weighted by Crippen LogP contribution is -2.26. The topological polar surface area (TPSA) is 24.8 Å². The third-order valence-electron chi connectivity index (χ3n) is 3.96. The Balaban J connectivity index is 1.98. The first-order valence-corrected chi connectivity index (χ1v) is 8.68. The van der Waals surface area contributed by atoms with Crippen molar-refractivity contribution in [3.8, 4) is 0 Å². The molecule has 3 nitrogen and oxygen atoms in total. The minimum atomic E-state index is -4.41. The summed E-state index contributed by atoms with van der Waals surface area (Å²) < 4.78 is 44.8. The van der Waals surface area contributed by atoms with Gasteiger partial charge in [-0.05, 0) is 42.8 Å². The Morgan fingerprint density at radius 2 is 1.92 bits per heavy atom. The lowest BCUT2D eigenvalue weighted by atomic mass is 10.1. The van der Waals surface area contributed by atoms with Crippen molar-refractivity contribution >= 4 is 40.6 Å². The quantitative estimate of drug-likeness (QED) is 0.600. The molecule has 0 radical (unpaired) electrons. The number of benzene rings is 2. The summed E-state index contributed by atoms with van der Waals surface area (Å²) in [5.41, 5.74) is 0.154. The standard InChI is InChI=1S/C18H15Cl2F3N2O/c1-2-14-10-25(13-5-3-4-11(8-13)18(21,22)23)17(26-14)24-12-6-7-15(19)16(20)9-12/h3-9,14H,2,10H2,1H3. The van der Waals surface area contributed by atoms with Crippen LogP contribution in [-0.4, -0.2) is 18.7 Å². The van der Waals surface area contributed by atoms with Gasteiger partial charge in [-0.25, -0.2) is 0 Å². The molecule has 1 heterocycles. The molecule has 1 saturated heterocycles. The van der Waals surface area contributed by atoms with E-state index in [9.17, 15) is 13.2 Å². The van der Waals surface area contributed by atoms with Gasteiger partial charge in [-0.15, -0.1) is 0 Å². The van der Waals surface area contributed by atoms with Crippen LogP contribution in [0.25, 0.3) is 0 Å². The summed E-state index contributed by atoms with van der Waals surface area (Å²) in [6.45, 7) is 2.36. The molecule has 1 fully saturated rings. The van der Waals surface area contributed by atoms with Gasteiger partial charge in [-0.2, -0.15) is 18.2 Å². The normalized spacial score (nSPS) is 19.1. The first-order chi connectivity index (χ1) is 12.3. The van der Waals surface area contributed by atoms with Crippen molar-refractivity contribution in [2.75, 3.05) is 11.4 Å². The van der Waals surface area contributed by atoms with E-state index in [2.05, 4.69) is 4.99 Å². The maximum atomic E-state index is 13.0. The van der Waals surface area contributed by atoms with E-state index in [0.29, 0.717) is 34.4 Å². The fourth-order valence-corrected chi connectivity index (χ4v) is 2.85. The number of halogens is 5. The summed E-state index contributed by atoms with van der Waals surface area (Å²) in [4.78, 5) is 6.03. The van der Waals surface area contributed by atoms with Gasteiger partial charge in [-0.3, -0.25) is 4.90 Å². The second-order valence-electron chi connectivity index (χ2n) is 5.80. The fourth-order valence-electron chi connectivity index (χ4n) is 2.56. The molecule has 26 heavy (non-hydrogen) atoms. The van der Waals surface area contributed by atoms with E-state index < -0.39 is 11.7 Å². The number of amidine groups is 1. The van der Waals surface area contributed by atoms with Crippen molar-refractivity contribution in [1.82, 2.24) is 0 Å². The summed E-state index contributed by atoms with van der Waals surface area (Å²) in [5, 5.41) is 0.730. The molecule has 0 spiro atoms. The van der Waals surface area contributed by atoms with Crippen LogP contribution in [0.2, 0.25) is 10.0 Å². The number of hydrogen-bond acceptors (Lipinski definition) is 2. The van der Waals surface area contributed by atoms with Crippen LogP contribution in [0.1, 0.15) is 18.9 Å². The van der Waals surface area contributed by atoms with Gasteiger partial charge in [-0.1, -0.05) is 36.2 Å². The van der Waals surface area contributed by atoms with E-state index in [1.165, 1.54) is 6.07 Å². The number of aliphatic imine (C=N–C) groups is 1. The fraction of sp³-hybridized carbons (Fsp3) is 0.278. The van der Waals surface area contributed by atoms with Gasteiger partial charge in [0, 0.05) is 5.69 Å². The molecule has 1 aliphatic heterocycles. The van der Waals surface area contributed by atoms with Crippen LogP contribution < -0.4 is 4.90 Å². The Kier molecular flexibility index (Phi) is 5.34. The third-order valence-corrected chi connectivity index (χ3v) is 4.70. The zero-order chi connectivity index (χ0) is 18.9. The summed E-state index contributed by atoms with van der Waals surface area (Å²) in [5.74, 6) is 0. The summed E-state index contributed by atoms with van der Waals surface area (Å²) in [7, 11) is 0. The monoisotopic (exact) mass is 402 g/mol. The highest BCUT2D eigenvalue weighted by atomic mass is 35.5. The lowest BCUT2D eigenvalue weighted by molar-refractivity contribution is -0.137. The SMILES string of the molecule is CCC1CN(c2cccc(C(F)(F)F)c2)C(=Nc2ccc(Cl)c(Cl)c2)O1. The molecule has 8 heteroatoms. The molecule has 1 aliphatic rings. The van der Waals surface area contributed by atoms with Crippen LogP contribution in [0.4, 0.5) is 24.5 Å². The highest BCUT2D eigenvalue weighted by Crippen LogP contribution is 2.34. The highest BCUT2D eigenvalue weighted by molar-refractivity contribution is 6.42. The zero-order valence-corrected chi connectivity index (χ0v) is 15.2. The van der Waals surface area contributed by atoms with Crippen molar-refractivity contribution in [3.63, 3.8) is 0 Å². The average molecular weight is 403 g/mol. The molecule has 2 aromatic rings. The largest absolute Gasteiger partial charge is 0.459 e. The number of anilines is 1. The Morgan fingerprint density at radius 3 is 2.58 bits per heavy atom. The molecule has 3 rings (SSSR count). The third kappa shape index (κ3) is 4.07. The number of hydrogen-bond donors (Lipinski definition) is 0. The molecule has 0 amide bonds. The number of alkyl halides is 3. The first kappa shape index (κ1) is 18.9. The van der Waals surface area contributed by atoms with Crippen LogP contribution in [0.3, 0.4) is 0 Å². The molecule has 0 saturated carbocycles. The van der Waals surface area contributed by atoms with Crippen molar-refractivity contribution in [1.29, 1.82) is 0 Å². The van der Waals surface area contributed by atoms with E-state index in [1.54, 1.807) is 29.2 Å². The van der Waals surface area contributed by atoms with E-state index in [-0.39, 0.29) is 12.1 Å². The van der Waals surface area contributed by atoms with Crippen molar-refractivity contribution in [3.05, 3.63) is 58.1 Å². The van der Waals surface area contributed by atoms with Crippen molar-refractivity contribution in [2.45, 2.75) is 25.6 Å². The molecule has 2 aromatic carbocycles. The van der Waals surface area contributed by atoms with Gasteiger partial charge in [0.25, 0.3) is 6.02 Å². The van der Waals surface area contributed by atoms with Gasteiger partial charge in [0.05, 0.1) is 27.8 Å². The molecule has 0 aromatic heterocycles. The van der Waals surface area contributed by atoms with E-state index in [4.69, 9.17) is 27.9 Å². The second kappa shape index (κ2) is 7.37. The molecule has 138 valence electrons. The van der Waals surface area contributed by atoms with Gasteiger partial charge in [0.1, 0.15) is 6.10 Å². The van der Waals surface area contributed by atoms with Crippen LogP contribution >= 0.6 is 23.2 Å². The summed E-state index contributed by atoms with van der Waals surface area (Å²) >= 11 is 11.9. The van der Waals surface area contributed by atoms with Gasteiger partial charge in [0.15, 0.2) is 0 Å². The molecule has 0 aliphatic carbocycles. The predicted octanol–water partition coefficient (Wildman–Crippen LogP) is 6.32. The first-order valence-electron chi connectivity index (χ1n) is 7.93. The smallest absolute Gasteiger partial charge is 0.416 e. The Morgan fingerprint density at radius 1 is 1.15 bits per heavy atom. The molecule has 1 unspecified atom stereocenters. The maximum absolute atomic E-state index is 13.0. The number of rotatable bonds is 3. The lowest BCUT2D eigenvalue weighted by Gasteiger charge is -2.17. The minimum absolute atomic E-state index is 0.161. The van der Waals surface area contributed by atoms with Crippen LogP contribution in [0.5, 0.6) is 0 Å². The van der Waals surface area contributed by atoms with Crippen molar-refractivity contribution < 1.29 is 17.9 Å². The summed E-state index contributed by atoms with van der Waals surface area (Å²) in [6.07, 6.45) is -3.87. The average Bonchev–Trinajstić information content (AvgIpc) is 3.00. The van der Waals surface area contributed by atoms with Gasteiger partial charge in [0.2, 0.25) is 0 Å². The molecule has 1 atom stereocenters. The van der Waals surface area contributed by atoms with E-state index in [1.807, 2.05) is 6.92 Å². The Hall–Kier alpha value is -1.92. The number of nitrogens with zero attached hydrogens (tertiary/aromatic N) is 2. The van der Waals surface area contributed by atoms with Crippen LogP contribution in [-0.2, 0) is 10.9 Å². The molecule has 0 bridgehead atoms. The summed E-state index contributed by atoms with van der Waals surface area (Å²) in [6, 6.07) is 10.2. The van der Waals surface area contributed by atoms with Crippen molar-refractivity contribution in [2.24, 2.45) is 4.99 Å². The van der Waals surface area contributed by atoms with Gasteiger partial charge >= 0.3 is 6.18 Å². The maximum Gasteiger partial charge on any atom is 0.416 e. The molecular formula is C18H15Cl2F3N2O. The predicted molar refractivity (Wildman–Crippen MR) is 97.5 cm³/mol. The molecule has 0 N–H and O–H groups in total. The molecular weight excluding hydrogens is 388 g/mol. The highest BCUT2D eigenvalue weighted by Gasteiger charge is 2.34. The number of ether oxygens (including phenoxy) is 1. The zero-order valence-electron chi connectivity index (χ0n) is 13.7. The van der Waals surface area contributed by atoms with E-state index >= 15 is 0 Å². The minimum Gasteiger partial charge on any atom is -0.459 e. The van der Waals surface area contributed by atoms with E-state index in [0.717, 1.165) is 12.1 Å². The Labute approximate surface area is 159 Å². The van der Waals surface area contributed by atoms with Crippen LogP contribution in [0.15, 0.2) is 47.5 Å². The van der Waals surface area contributed by atoms with Crippen LogP contribution in [0, 0.1) is 0 Å². The second-order valence-corrected chi connectivity index (χ2v) is 6.61. The Bertz CT molecular complexity index is 839.